The Morgan fingerprint density at radius 3 is 2.80 bits per heavy atom. The summed E-state index contributed by atoms with van der Waals surface area (Å²) in [5.41, 5.74) is 0.976. The van der Waals surface area contributed by atoms with Gasteiger partial charge < -0.3 is 4.74 Å². The highest BCUT2D eigenvalue weighted by Gasteiger charge is 2.06. The molecule has 0 fully saturated rings. The van der Waals surface area contributed by atoms with Crippen molar-refractivity contribution in [2.75, 3.05) is 12.5 Å². The van der Waals surface area contributed by atoms with Gasteiger partial charge in [-0.05, 0) is 17.9 Å². The van der Waals surface area contributed by atoms with Gasteiger partial charge in [-0.1, -0.05) is 55.5 Å². The number of unbranched alkanes of at least 4 members (excludes halogenated alkanes) is 1. The second-order valence-corrected chi connectivity index (χ2v) is 4.98. The van der Waals surface area contributed by atoms with Crippen molar-refractivity contribution in [3.8, 4) is 17.6 Å². The molecule has 0 aliphatic heterocycles. The Morgan fingerprint density at radius 2 is 2.00 bits per heavy atom. The van der Waals surface area contributed by atoms with Crippen molar-refractivity contribution >= 4 is 22.4 Å². The van der Waals surface area contributed by atoms with Crippen LogP contribution in [0.15, 0.2) is 36.4 Å². The van der Waals surface area contributed by atoms with E-state index in [0.717, 1.165) is 36.1 Å². The first-order valence-electron chi connectivity index (χ1n) is 7.06. The average molecular weight is 287 g/mol. The molecule has 0 saturated heterocycles. The van der Waals surface area contributed by atoms with E-state index < -0.39 is 0 Å². The smallest absolute Gasteiger partial charge is 0.135 e. The first kappa shape index (κ1) is 14.8. The lowest BCUT2D eigenvalue weighted by molar-refractivity contribution is 0.309. The molecule has 0 amide bonds. The van der Waals surface area contributed by atoms with E-state index in [1.807, 2.05) is 18.2 Å². The molecule has 0 heterocycles. The topological polar surface area (TPSA) is 9.23 Å². The number of halogens is 1. The third kappa shape index (κ3) is 3.68. The number of fused-ring (bicyclic) bond motifs is 1. The van der Waals surface area contributed by atoms with Gasteiger partial charge in [0.05, 0.1) is 12.2 Å². The van der Waals surface area contributed by atoms with Crippen molar-refractivity contribution in [2.24, 2.45) is 0 Å². The molecule has 104 valence electrons. The fourth-order valence-corrected chi connectivity index (χ4v) is 2.12. The Balaban J connectivity index is 2.40. The highest BCUT2D eigenvalue weighted by atomic mass is 35.5. The Kier molecular flexibility index (Phi) is 5.77. The zero-order valence-corrected chi connectivity index (χ0v) is 12.5. The van der Waals surface area contributed by atoms with E-state index in [1.54, 1.807) is 0 Å². The van der Waals surface area contributed by atoms with Gasteiger partial charge in [-0.2, -0.15) is 0 Å². The van der Waals surface area contributed by atoms with Gasteiger partial charge in [0.15, 0.2) is 0 Å². The third-order valence-electron chi connectivity index (χ3n) is 3.08. The van der Waals surface area contributed by atoms with Crippen molar-refractivity contribution in [1.82, 2.24) is 0 Å². The summed E-state index contributed by atoms with van der Waals surface area (Å²) in [5, 5.41) is 2.33. The molecule has 20 heavy (non-hydrogen) atoms. The van der Waals surface area contributed by atoms with Crippen molar-refractivity contribution in [1.29, 1.82) is 0 Å². The lowest BCUT2D eigenvalue weighted by Crippen LogP contribution is -1.99. The third-order valence-corrected chi connectivity index (χ3v) is 3.27. The second-order valence-electron chi connectivity index (χ2n) is 4.60. The van der Waals surface area contributed by atoms with E-state index in [0.29, 0.717) is 12.3 Å². The van der Waals surface area contributed by atoms with E-state index in [-0.39, 0.29) is 0 Å². The van der Waals surface area contributed by atoms with Gasteiger partial charge in [0.1, 0.15) is 5.75 Å². The maximum Gasteiger partial charge on any atom is 0.135 e. The van der Waals surface area contributed by atoms with Crippen LogP contribution in [0, 0.1) is 11.8 Å². The zero-order chi connectivity index (χ0) is 14.2. The summed E-state index contributed by atoms with van der Waals surface area (Å²) in [6.07, 6.45) is 2.88. The summed E-state index contributed by atoms with van der Waals surface area (Å²) < 4.78 is 5.88. The van der Waals surface area contributed by atoms with E-state index in [4.69, 9.17) is 16.3 Å². The lowest BCUT2D eigenvalue weighted by atomic mass is 10.0. The van der Waals surface area contributed by atoms with E-state index in [9.17, 15) is 0 Å². The molecular weight excluding hydrogens is 268 g/mol. The molecule has 0 unspecified atom stereocenters. The Hall–Kier alpha value is -1.65. The molecule has 0 saturated carbocycles. The number of hydrogen-bond acceptors (Lipinski definition) is 1. The highest BCUT2D eigenvalue weighted by molar-refractivity contribution is 6.18. The first-order chi connectivity index (χ1) is 9.86. The molecule has 2 aromatic carbocycles. The summed E-state index contributed by atoms with van der Waals surface area (Å²) in [5.74, 6) is 7.77. The predicted octanol–water partition coefficient (Wildman–Crippen LogP) is 5.00. The van der Waals surface area contributed by atoms with Crippen LogP contribution in [0.4, 0.5) is 0 Å². The predicted molar refractivity (Wildman–Crippen MR) is 86.6 cm³/mol. The zero-order valence-electron chi connectivity index (χ0n) is 11.8. The molecule has 0 bridgehead atoms. The van der Waals surface area contributed by atoms with E-state index in [2.05, 4.69) is 37.0 Å². The molecule has 0 aliphatic rings. The molecule has 2 heteroatoms. The van der Waals surface area contributed by atoms with Crippen molar-refractivity contribution in [3.63, 3.8) is 0 Å². The average Bonchev–Trinajstić information content (AvgIpc) is 2.49. The van der Waals surface area contributed by atoms with Crippen LogP contribution in [-0.4, -0.2) is 12.5 Å². The van der Waals surface area contributed by atoms with Crippen molar-refractivity contribution in [3.05, 3.63) is 42.0 Å². The van der Waals surface area contributed by atoms with Gasteiger partial charge in [0.25, 0.3) is 0 Å². The Morgan fingerprint density at radius 1 is 1.15 bits per heavy atom. The maximum atomic E-state index is 5.88. The van der Waals surface area contributed by atoms with E-state index >= 15 is 0 Å². The molecule has 0 radical (unpaired) electrons. The van der Waals surface area contributed by atoms with Crippen LogP contribution in [0.3, 0.4) is 0 Å². The molecule has 0 aromatic heterocycles. The molecule has 0 N–H and O–H groups in total. The first-order valence-corrected chi connectivity index (χ1v) is 7.59. The fourth-order valence-electron chi connectivity index (χ4n) is 2.03. The lowest BCUT2D eigenvalue weighted by Gasteiger charge is -2.10. The van der Waals surface area contributed by atoms with Gasteiger partial charge in [0.2, 0.25) is 0 Å². The normalized spacial score (nSPS) is 10.1. The summed E-state index contributed by atoms with van der Waals surface area (Å²) >= 11 is 5.69. The molecule has 2 rings (SSSR count). The maximum absolute atomic E-state index is 5.88. The standard InChI is InChI=1S/C18H19ClO/c1-2-3-14-20-18-12-11-15-8-4-5-9-16(15)17(18)10-6-7-13-19/h4-5,8-9,11-12H,2-3,7,13-14H2,1H3. The molecule has 0 aliphatic carbocycles. The quantitative estimate of drug-likeness (QED) is 0.427. The monoisotopic (exact) mass is 286 g/mol. The molecular formula is C18H19ClO. The van der Waals surface area contributed by atoms with Gasteiger partial charge in [-0.15, -0.1) is 11.6 Å². The SMILES string of the molecule is CCCCOc1ccc2ccccc2c1C#CCCCl. The van der Waals surface area contributed by atoms with Gasteiger partial charge in [-0.3, -0.25) is 0 Å². The molecule has 1 nitrogen and oxygen atoms in total. The van der Waals surface area contributed by atoms with Crippen LogP contribution in [-0.2, 0) is 0 Å². The van der Waals surface area contributed by atoms with Crippen molar-refractivity contribution < 1.29 is 4.74 Å². The highest BCUT2D eigenvalue weighted by Crippen LogP contribution is 2.27. The number of rotatable bonds is 5. The summed E-state index contributed by atoms with van der Waals surface area (Å²) in [7, 11) is 0. The minimum atomic E-state index is 0.559. The minimum absolute atomic E-state index is 0.559. The molecule has 0 spiro atoms. The van der Waals surface area contributed by atoms with Crippen LogP contribution < -0.4 is 4.74 Å². The van der Waals surface area contributed by atoms with Crippen LogP contribution in [0.5, 0.6) is 5.75 Å². The summed E-state index contributed by atoms with van der Waals surface area (Å²) in [6.45, 7) is 2.89. The molecule has 2 aromatic rings. The van der Waals surface area contributed by atoms with Gasteiger partial charge in [0, 0.05) is 17.7 Å². The number of benzene rings is 2. The number of ether oxygens (including phenoxy) is 1. The summed E-state index contributed by atoms with van der Waals surface area (Å²) in [4.78, 5) is 0. The van der Waals surface area contributed by atoms with E-state index in [1.165, 1.54) is 5.39 Å². The Labute approximate surface area is 125 Å². The van der Waals surface area contributed by atoms with Gasteiger partial charge >= 0.3 is 0 Å². The minimum Gasteiger partial charge on any atom is -0.492 e. The van der Waals surface area contributed by atoms with Crippen LogP contribution in [0.25, 0.3) is 10.8 Å². The fraction of sp³-hybridized carbons (Fsp3) is 0.333. The Bertz CT molecular complexity index is 622. The summed E-state index contributed by atoms with van der Waals surface area (Å²) in [6, 6.07) is 12.4. The van der Waals surface area contributed by atoms with Crippen LogP contribution >= 0.6 is 11.6 Å². The van der Waals surface area contributed by atoms with Crippen molar-refractivity contribution in [2.45, 2.75) is 26.2 Å². The van der Waals surface area contributed by atoms with Gasteiger partial charge in [-0.25, -0.2) is 0 Å². The van der Waals surface area contributed by atoms with Crippen LogP contribution in [0.1, 0.15) is 31.7 Å². The number of alkyl halides is 1. The second kappa shape index (κ2) is 7.82. The largest absolute Gasteiger partial charge is 0.492 e. The van der Waals surface area contributed by atoms with Crippen LogP contribution in [0.2, 0.25) is 0 Å². The number of hydrogen-bond donors (Lipinski definition) is 0. The molecule has 0 atom stereocenters.